The number of rotatable bonds is 3. The Morgan fingerprint density at radius 2 is 2.17 bits per heavy atom. The molecule has 1 aromatic carbocycles. The zero-order chi connectivity index (χ0) is 13.3. The number of halogens is 2. The SMILES string of the molecule is CN(Cc1cccc(O)c1Br)c1ssc(=O)c1Cl. The topological polar surface area (TPSA) is 40.5 Å². The number of benzene rings is 1. The number of hydrogen-bond donors (Lipinski definition) is 1. The smallest absolute Gasteiger partial charge is 0.263 e. The van der Waals surface area contributed by atoms with Gasteiger partial charge in [-0.3, -0.25) is 4.79 Å². The molecule has 96 valence electrons. The van der Waals surface area contributed by atoms with Gasteiger partial charge >= 0.3 is 0 Å². The van der Waals surface area contributed by atoms with E-state index in [1.807, 2.05) is 18.0 Å². The summed E-state index contributed by atoms with van der Waals surface area (Å²) in [6, 6.07) is 5.30. The summed E-state index contributed by atoms with van der Waals surface area (Å²) in [6.45, 7) is 0.557. The molecule has 0 spiro atoms. The molecule has 0 aliphatic rings. The minimum absolute atomic E-state index is 0.113. The monoisotopic (exact) mass is 365 g/mol. The number of anilines is 1. The van der Waals surface area contributed by atoms with E-state index in [-0.39, 0.29) is 15.5 Å². The van der Waals surface area contributed by atoms with Crippen molar-refractivity contribution in [2.75, 3.05) is 11.9 Å². The summed E-state index contributed by atoms with van der Waals surface area (Å²) in [5.41, 5.74) is 0.930. The Labute approximate surface area is 125 Å². The van der Waals surface area contributed by atoms with Crippen LogP contribution in [0.15, 0.2) is 27.5 Å². The molecule has 2 aromatic rings. The molecule has 0 fully saturated rings. The fourth-order valence-electron chi connectivity index (χ4n) is 1.48. The molecule has 2 rings (SSSR count). The molecule has 0 saturated heterocycles. The first-order valence-corrected chi connectivity index (χ1v) is 8.29. The molecule has 0 unspecified atom stereocenters. The molecule has 0 radical (unpaired) electrons. The van der Waals surface area contributed by atoms with Gasteiger partial charge in [-0.25, -0.2) is 0 Å². The number of hydrogen-bond acceptors (Lipinski definition) is 5. The summed E-state index contributed by atoms with van der Waals surface area (Å²) in [5.74, 6) is 0.200. The third-order valence-corrected chi connectivity index (χ3v) is 6.16. The highest BCUT2D eigenvalue weighted by Gasteiger charge is 2.14. The normalized spacial score (nSPS) is 10.6. The zero-order valence-electron chi connectivity index (χ0n) is 9.31. The van der Waals surface area contributed by atoms with E-state index in [1.165, 1.54) is 10.3 Å². The highest BCUT2D eigenvalue weighted by Crippen LogP contribution is 2.33. The highest BCUT2D eigenvalue weighted by molar-refractivity contribution is 9.10. The second-order valence-electron chi connectivity index (χ2n) is 3.68. The number of phenols is 1. The van der Waals surface area contributed by atoms with Gasteiger partial charge in [-0.15, -0.1) is 0 Å². The molecule has 1 N–H and O–H groups in total. The standard InChI is InChI=1S/C11H9BrClNO2S2/c1-14(10-9(13)11(16)18-17-10)5-6-3-2-4-7(15)8(6)12/h2-4,15H,5H2,1H3. The van der Waals surface area contributed by atoms with Crippen LogP contribution in [0.5, 0.6) is 5.75 Å². The van der Waals surface area contributed by atoms with Gasteiger partial charge < -0.3 is 10.0 Å². The van der Waals surface area contributed by atoms with E-state index in [1.54, 1.807) is 12.1 Å². The maximum absolute atomic E-state index is 11.3. The third-order valence-electron chi connectivity index (χ3n) is 2.38. The average molecular weight is 367 g/mol. The van der Waals surface area contributed by atoms with Gasteiger partial charge in [0, 0.05) is 13.6 Å². The molecule has 1 aromatic heterocycles. The molecule has 18 heavy (non-hydrogen) atoms. The van der Waals surface area contributed by atoms with Gasteiger partial charge in [0.1, 0.15) is 15.8 Å². The Morgan fingerprint density at radius 1 is 1.44 bits per heavy atom. The van der Waals surface area contributed by atoms with Crippen molar-refractivity contribution in [2.24, 2.45) is 0 Å². The molecule has 3 nitrogen and oxygen atoms in total. The molecule has 0 saturated carbocycles. The van der Waals surface area contributed by atoms with Crippen molar-refractivity contribution in [3.05, 3.63) is 42.8 Å². The summed E-state index contributed by atoms with van der Waals surface area (Å²) in [5, 5.41) is 10.6. The number of aromatic hydroxyl groups is 1. The van der Waals surface area contributed by atoms with E-state index in [4.69, 9.17) is 11.6 Å². The van der Waals surface area contributed by atoms with E-state index in [0.29, 0.717) is 11.0 Å². The Hall–Kier alpha value is -0.560. The molecule has 1 heterocycles. The Bertz CT molecular complexity index is 626. The van der Waals surface area contributed by atoms with Crippen molar-refractivity contribution < 1.29 is 5.11 Å². The molecule has 0 bridgehead atoms. The van der Waals surface area contributed by atoms with E-state index < -0.39 is 0 Å². The van der Waals surface area contributed by atoms with E-state index >= 15 is 0 Å². The van der Waals surface area contributed by atoms with Crippen LogP contribution in [0.4, 0.5) is 5.00 Å². The molecule has 0 aliphatic heterocycles. The summed E-state index contributed by atoms with van der Waals surface area (Å²) < 4.78 is 0.550. The molecule has 7 heteroatoms. The van der Waals surface area contributed by atoms with Gasteiger partial charge in [-0.1, -0.05) is 34.1 Å². The zero-order valence-corrected chi connectivity index (χ0v) is 13.3. The number of phenolic OH excluding ortho intramolecular Hbond substituents is 1. The van der Waals surface area contributed by atoms with Crippen LogP contribution >= 0.6 is 48.2 Å². The lowest BCUT2D eigenvalue weighted by Crippen LogP contribution is -2.16. The molecular weight excluding hydrogens is 358 g/mol. The van der Waals surface area contributed by atoms with E-state index in [2.05, 4.69) is 15.9 Å². The van der Waals surface area contributed by atoms with Crippen molar-refractivity contribution in [1.82, 2.24) is 0 Å². The fourth-order valence-corrected chi connectivity index (χ4v) is 4.62. The van der Waals surface area contributed by atoms with Gasteiger partial charge in [-0.2, -0.15) is 0 Å². The summed E-state index contributed by atoms with van der Waals surface area (Å²) in [4.78, 5) is 13.2. The van der Waals surface area contributed by atoms with Crippen molar-refractivity contribution in [3.8, 4) is 5.75 Å². The van der Waals surface area contributed by atoms with Gasteiger partial charge in [0.2, 0.25) is 0 Å². The number of nitrogens with zero attached hydrogens (tertiary/aromatic N) is 1. The molecular formula is C11H9BrClNO2S2. The lowest BCUT2D eigenvalue weighted by molar-refractivity contribution is 0.471. The van der Waals surface area contributed by atoms with Crippen LogP contribution in [0.3, 0.4) is 0 Å². The third kappa shape index (κ3) is 2.71. The van der Waals surface area contributed by atoms with Crippen molar-refractivity contribution in [1.29, 1.82) is 0 Å². The van der Waals surface area contributed by atoms with Crippen LogP contribution in [-0.2, 0) is 6.54 Å². The highest BCUT2D eigenvalue weighted by atomic mass is 79.9. The van der Waals surface area contributed by atoms with Crippen LogP contribution in [0, 0.1) is 0 Å². The van der Waals surface area contributed by atoms with Crippen molar-refractivity contribution in [3.63, 3.8) is 0 Å². The van der Waals surface area contributed by atoms with Gasteiger partial charge in [0.05, 0.1) is 4.47 Å². The maximum atomic E-state index is 11.3. The van der Waals surface area contributed by atoms with E-state index in [9.17, 15) is 9.90 Å². The molecule has 0 amide bonds. The van der Waals surface area contributed by atoms with Crippen LogP contribution in [0.2, 0.25) is 5.02 Å². The quantitative estimate of drug-likeness (QED) is 0.837. The largest absolute Gasteiger partial charge is 0.507 e. The summed E-state index contributed by atoms with van der Waals surface area (Å²) >= 11 is 9.29. The predicted molar refractivity (Wildman–Crippen MR) is 81.4 cm³/mol. The maximum Gasteiger partial charge on any atom is 0.263 e. The fraction of sp³-hybridized carbons (Fsp3) is 0.182. The second-order valence-corrected chi connectivity index (χ2v) is 6.94. The Balaban J connectivity index is 2.27. The first-order chi connectivity index (χ1) is 8.50. The Kier molecular flexibility index (Phi) is 4.32. The van der Waals surface area contributed by atoms with Crippen LogP contribution in [-0.4, -0.2) is 12.2 Å². The van der Waals surface area contributed by atoms with Gasteiger partial charge in [0.25, 0.3) is 4.74 Å². The van der Waals surface area contributed by atoms with Crippen LogP contribution in [0.25, 0.3) is 0 Å². The van der Waals surface area contributed by atoms with Gasteiger partial charge in [-0.05, 0) is 37.9 Å². The van der Waals surface area contributed by atoms with Crippen LogP contribution < -0.4 is 9.64 Å². The van der Waals surface area contributed by atoms with E-state index in [0.717, 1.165) is 20.9 Å². The lowest BCUT2D eigenvalue weighted by Gasteiger charge is -2.18. The predicted octanol–water partition coefficient (Wildman–Crippen LogP) is 3.93. The van der Waals surface area contributed by atoms with Gasteiger partial charge in [0.15, 0.2) is 0 Å². The second kappa shape index (κ2) is 5.61. The Morgan fingerprint density at radius 3 is 2.78 bits per heavy atom. The van der Waals surface area contributed by atoms with Crippen molar-refractivity contribution >= 4 is 53.2 Å². The minimum Gasteiger partial charge on any atom is -0.507 e. The first-order valence-electron chi connectivity index (χ1n) is 4.97. The lowest BCUT2D eigenvalue weighted by atomic mass is 10.2. The molecule has 0 aliphatic carbocycles. The summed E-state index contributed by atoms with van der Waals surface area (Å²) in [6.07, 6.45) is 0. The summed E-state index contributed by atoms with van der Waals surface area (Å²) in [7, 11) is 4.35. The minimum atomic E-state index is -0.113. The van der Waals surface area contributed by atoms with Crippen molar-refractivity contribution in [2.45, 2.75) is 6.54 Å². The van der Waals surface area contributed by atoms with Crippen LogP contribution in [0.1, 0.15) is 5.56 Å². The first kappa shape index (κ1) is 13.9. The average Bonchev–Trinajstić information content (AvgIpc) is 2.66. The molecule has 0 atom stereocenters.